The molecule has 2 saturated heterocycles. The molecule has 11 N–H and O–H groups in total. The van der Waals surface area contributed by atoms with E-state index in [1.807, 2.05) is 104 Å². The van der Waals surface area contributed by atoms with Crippen molar-refractivity contribution in [3.8, 4) is 0 Å². The second kappa shape index (κ2) is 49.4. The minimum Gasteiger partial charge on any atom is -0.479 e. The molecule has 2 aliphatic rings. The van der Waals surface area contributed by atoms with E-state index in [2.05, 4.69) is 21.3 Å². The molecule has 0 spiro atoms. The SMILES string of the molecule is CC(=O)[C@H](CC(C)C)NC(=O)OC(C)(C)C.CC(C)C[C@H](CC(=O)OC(C)(C)C)C(=O)NCC[C@@H](C)CO.CC(C)C[C@H](CC(=O)[C@H]1O[C@@H]1C(=O)O)C(=O)NCC[C@@H](C)CO.CCOC(=O)[C@H]1O[C@@H]1C(=O)C[C@@H](CC(C)C)C(=O)NCC[C@@H](C)CO.C[C@@H](CO)CCN. The van der Waals surface area contributed by atoms with E-state index in [1.165, 1.54) is 6.92 Å². The Morgan fingerprint density at radius 2 is 0.817 bits per heavy atom. The molecule has 93 heavy (non-hydrogen) atoms. The van der Waals surface area contributed by atoms with Crippen LogP contribution in [-0.2, 0) is 66.8 Å². The number of aliphatic hydroxyl groups excluding tert-OH is 4. The number of nitrogens with two attached hydrogens (primary N) is 1. The van der Waals surface area contributed by atoms with E-state index in [9.17, 15) is 47.9 Å². The Morgan fingerprint density at radius 3 is 1.10 bits per heavy atom. The minimum atomic E-state index is -1.15. The largest absolute Gasteiger partial charge is 0.479 e. The van der Waals surface area contributed by atoms with E-state index in [-0.39, 0.29) is 129 Å². The highest BCUT2D eigenvalue weighted by atomic mass is 16.6. The van der Waals surface area contributed by atoms with Crippen molar-refractivity contribution in [2.45, 2.75) is 251 Å². The van der Waals surface area contributed by atoms with Crippen molar-refractivity contribution in [3.05, 3.63) is 0 Å². The lowest BCUT2D eigenvalue weighted by molar-refractivity contribution is -0.157. The van der Waals surface area contributed by atoms with Gasteiger partial charge in [0.1, 0.15) is 11.2 Å². The van der Waals surface area contributed by atoms with Crippen molar-refractivity contribution in [2.75, 3.05) is 59.2 Å². The van der Waals surface area contributed by atoms with Crippen LogP contribution >= 0.6 is 0 Å². The van der Waals surface area contributed by atoms with Crippen molar-refractivity contribution in [3.63, 3.8) is 0 Å². The number of aliphatic hydroxyl groups is 4. The van der Waals surface area contributed by atoms with Crippen LogP contribution in [0.1, 0.15) is 209 Å². The predicted molar refractivity (Wildman–Crippen MR) is 355 cm³/mol. The molecule has 4 amide bonds. The smallest absolute Gasteiger partial charge is 0.408 e. The van der Waals surface area contributed by atoms with Crippen LogP contribution in [-0.4, -0.2) is 185 Å². The number of nitrogens with one attached hydrogen (secondary N) is 4. The zero-order chi connectivity index (χ0) is 72.5. The number of ketones is 3. The van der Waals surface area contributed by atoms with Gasteiger partial charge in [-0.3, -0.25) is 33.6 Å². The number of carboxylic acid groups (broad SMARTS) is 1. The average molecular weight is 1330 g/mol. The number of carbonyl (C=O) groups is 10. The normalized spacial score (nSPS) is 18.2. The van der Waals surface area contributed by atoms with E-state index in [1.54, 1.807) is 27.7 Å². The molecule has 2 fully saturated rings. The van der Waals surface area contributed by atoms with Crippen LogP contribution in [0.25, 0.3) is 0 Å². The van der Waals surface area contributed by atoms with Crippen molar-refractivity contribution in [2.24, 2.45) is 70.8 Å². The first kappa shape index (κ1) is 92.0. The van der Waals surface area contributed by atoms with E-state index >= 15 is 0 Å². The Labute approximate surface area is 556 Å². The lowest BCUT2D eigenvalue weighted by Gasteiger charge is -2.23. The van der Waals surface area contributed by atoms with Crippen LogP contribution in [0.4, 0.5) is 4.79 Å². The average Bonchev–Trinajstić information content (AvgIpc) is 1.69. The number of ether oxygens (including phenoxy) is 5. The van der Waals surface area contributed by atoms with Gasteiger partial charge in [-0.1, -0.05) is 83.1 Å². The summed E-state index contributed by atoms with van der Waals surface area (Å²) in [5.74, 6) is -2.42. The molecule has 0 aliphatic carbocycles. The van der Waals surface area contributed by atoms with Crippen molar-refractivity contribution >= 4 is 59.1 Å². The molecule has 0 radical (unpaired) electrons. The number of alkyl carbamates (subject to hydrolysis) is 1. The number of epoxide rings is 2. The molecule has 0 aromatic carbocycles. The molecular formula is C68H127N5O20. The van der Waals surface area contributed by atoms with Crippen LogP contribution in [0.3, 0.4) is 0 Å². The molecular weight excluding hydrogens is 1210 g/mol. The Bertz CT molecular complexity index is 2180. The molecule has 2 heterocycles. The van der Waals surface area contributed by atoms with Gasteiger partial charge in [0.05, 0.1) is 19.1 Å². The first-order chi connectivity index (χ1) is 43.0. The fourth-order valence-electron chi connectivity index (χ4n) is 8.82. The maximum atomic E-state index is 12.4. The fourth-order valence-corrected chi connectivity index (χ4v) is 8.82. The Hall–Kier alpha value is -5.18. The third-order valence-electron chi connectivity index (χ3n) is 14.1. The zero-order valence-electron chi connectivity index (χ0n) is 60.3. The van der Waals surface area contributed by atoms with Gasteiger partial charge in [0.2, 0.25) is 17.7 Å². The zero-order valence-corrected chi connectivity index (χ0v) is 60.3. The number of rotatable bonds is 39. The highest BCUT2D eigenvalue weighted by molar-refractivity contribution is 5.97. The Kier molecular flexibility index (Phi) is 48.8. The monoisotopic (exact) mass is 1330 g/mol. The second-order valence-corrected chi connectivity index (χ2v) is 28.6. The van der Waals surface area contributed by atoms with Gasteiger partial charge in [-0.25, -0.2) is 14.4 Å². The van der Waals surface area contributed by atoms with Crippen LogP contribution in [0.15, 0.2) is 0 Å². The molecule has 544 valence electrons. The highest BCUT2D eigenvalue weighted by Gasteiger charge is 2.52. The lowest BCUT2D eigenvalue weighted by atomic mass is 9.90. The third-order valence-corrected chi connectivity index (χ3v) is 14.1. The number of carbonyl (C=O) groups excluding carboxylic acids is 9. The minimum absolute atomic E-state index is 0.00594. The van der Waals surface area contributed by atoms with Gasteiger partial charge >= 0.3 is 24.0 Å². The summed E-state index contributed by atoms with van der Waals surface area (Å²) in [6.07, 6.45) is 1.48. The topological polar surface area (TPSA) is 399 Å². The second-order valence-electron chi connectivity index (χ2n) is 28.6. The summed E-state index contributed by atoms with van der Waals surface area (Å²) >= 11 is 0. The van der Waals surface area contributed by atoms with E-state index in [0.29, 0.717) is 82.5 Å². The fraction of sp³-hybridized carbons (Fsp3) is 0.853. The summed E-state index contributed by atoms with van der Waals surface area (Å²) in [5.41, 5.74) is 4.12. The Balaban J connectivity index is -0.00000113. The number of carboxylic acids is 1. The van der Waals surface area contributed by atoms with E-state index in [4.69, 9.17) is 55.0 Å². The van der Waals surface area contributed by atoms with Gasteiger partial charge in [-0.2, -0.15) is 0 Å². The molecule has 0 aromatic rings. The first-order valence-corrected chi connectivity index (χ1v) is 33.5. The van der Waals surface area contributed by atoms with Crippen LogP contribution in [0.2, 0.25) is 0 Å². The van der Waals surface area contributed by atoms with Crippen molar-refractivity contribution in [1.29, 1.82) is 0 Å². The maximum absolute atomic E-state index is 12.4. The number of aliphatic carboxylic acids is 1. The summed E-state index contributed by atoms with van der Waals surface area (Å²) < 4.78 is 25.2. The molecule has 12 atom stereocenters. The standard InChI is InChI=1S/C18H31NO6.C17H33NO4.C16H27NO6.C12H23NO3.C5H13NO/c1-5-24-18(23)16-15(25-16)14(21)9-13(8-11(2)3)17(22)19-7-6-12(4)10-20;1-12(2)9-14(10-15(20)22-17(4,5)6)16(21)18-8-7-13(3)11-19;1-9(2)6-11(15(20)17-5-4-10(3)8-18)7-12(19)13-14(23-13)16(21)22;1-8(2)7-10(9(3)14)13-11(15)16-12(4,5)6;1-5(4-7)2-3-6/h11-13,15-16,20H,5-10H2,1-4H3,(H,19,22);12-14,19H,7-11H2,1-6H3,(H,18,21);9-11,13-14,18H,4-8H2,1-3H3,(H,17,20)(H,21,22);8,10H,7H2,1-6H3,(H,13,15);5,7H,2-4,6H2,1H3/t12-,13-,15-,16+;13-,14-;10-,11-,13-,14+;10-;5-/m11101/s1. The van der Waals surface area contributed by atoms with Crippen LogP contribution in [0, 0.1) is 65.1 Å². The number of hydrogen-bond acceptors (Lipinski definition) is 20. The summed E-state index contributed by atoms with van der Waals surface area (Å²) in [6.45, 7) is 40.6. The number of Topliss-reactive ketones (excluding diaryl/α,β-unsaturated/α-hetero) is 3. The number of amides is 4. The third kappa shape index (κ3) is 49.1. The predicted octanol–water partition coefficient (Wildman–Crippen LogP) is 6.66. The molecule has 2 aliphatic heterocycles. The van der Waals surface area contributed by atoms with Gasteiger partial charge in [0.25, 0.3) is 0 Å². The van der Waals surface area contributed by atoms with Gasteiger partial charge in [-0.05, 0) is 161 Å². The summed E-state index contributed by atoms with van der Waals surface area (Å²) in [5, 5.41) is 55.2. The first-order valence-electron chi connectivity index (χ1n) is 33.5. The van der Waals surface area contributed by atoms with Gasteiger partial charge in [0, 0.05) is 76.7 Å². The number of hydrogen-bond donors (Lipinski definition) is 10. The molecule has 2 rings (SSSR count). The summed E-state index contributed by atoms with van der Waals surface area (Å²) in [4.78, 5) is 118. The van der Waals surface area contributed by atoms with Crippen molar-refractivity contribution in [1.82, 2.24) is 21.3 Å². The van der Waals surface area contributed by atoms with Crippen molar-refractivity contribution < 1.29 is 97.2 Å². The molecule has 25 heteroatoms. The highest BCUT2D eigenvalue weighted by Crippen LogP contribution is 2.30. The molecule has 0 unspecified atom stereocenters. The van der Waals surface area contributed by atoms with Gasteiger partial charge in [0.15, 0.2) is 41.8 Å². The van der Waals surface area contributed by atoms with Gasteiger partial charge in [-0.15, -0.1) is 0 Å². The molecule has 0 bridgehead atoms. The van der Waals surface area contributed by atoms with Gasteiger partial charge < -0.3 is 76.2 Å². The molecule has 0 saturated carbocycles. The Morgan fingerprint density at radius 1 is 0.484 bits per heavy atom. The lowest BCUT2D eigenvalue weighted by Crippen LogP contribution is -2.43. The van der Waals surface area contributed by atoms with Crippen LogP contribution in [0.5, 0.6) is 0 Å². The molecule has 25 nitrogen and oxygen atoms in total. The molecule has 0 aromatic heterocycles. The van der Waals surface area contributed by atoms with E-state index in [0.717, 1.165) is 12.8 Å². The quantitative estimate of drug-likeness (QED) is 0.0175. The van der Waals surface area contributed by atoms with E-state index < -0.39 is 71.5 Å². The van der Waals surface area contributed by atoms with Crippen LogP contribution < -0.4 is 27.0 Å². The number of esters is 2. The maximum Gasteiger partial charge on any atom is 0.408 e. The summed E-state index contributed by atoms with van der Waals surface area (Å²) in [7, 11) is 0. The summed E-state index contributed by atoms with van der Waals surface area (Å²) in [6, 6.07) is -0.449.